The molecule has 1 unspecified atom stereocenters. The van der Waals surface area contributed by atoms with E-state index in [0.717, 1.165) is 37.6 Å². The van der Waals surface area contributed by atoms with Gasteiger partial charge in [0.05, 0.1) is 6.54 Å². The zero-order chi connectivity index (χ0) is 17.1. The molecule has 0 aliphatic carbocycles. The third-order valence-corrected chi connectivity index (χ3v) is 4.40. The van der Waals surface area contributed by atoms with Gasteiger partial charge < -0.3 is 20.7 Å². The molecule has 8 nitrogen and oxygen atoms in total. The summed E-state index contributed by atoms with van der Waals surface area (Å²) in [5.74, 6) is 1.14. The van der Waals surface area contributed by atoms with E-state index in [0.29, 0.717) is 12.4 Å². The fraction of sp³-hybridized carbons (Fsp3) is 0.500. The summed E-state index contributed by atoms with van der Waals surface area (Å²) < 4.78 is 1.80. The third kappa shape index (κ3) is 3.73. The van der Waals surface area contributed by atoms with Crippen LogP contribution in [0, 0.1) is 6.92 Å². The molecule has 130 valence electrons. The van der Waals surface area contributed by atoms with Crippen LogP contribution in [0.25, 0.3) is 0 Å². The van der Waals surface area contributed by atoms with E-state index in [1.165, 1.54) is 5.69 Å². The Bertz CT molecular complexity index is 679. The number of nitrogens with two attached hydrogens (primary N) is 1. The topological polar surface area (TPSA) is 95.5 Å². The lowest BCUT2D eigenvalue weighted by Crippen LogP contribution is -2.44. The van der Waals surface area contributed by atoms with E-state index in [2.05, 4.69) is 51.2 Å². The molecule has 1 aromatic carbocycles. The van der Waals surface area contributed by atoms with Gasteiger partial charge in [0, 0.05) is 31.9 Å². The van der Waals surface area contributed by atoms with Gasteiger partial charge in [-0.15, -0.1) is 0 Å². The first kappa shape index (κ1) is 16.8. The SMILES string of the molecule is Cc1nc(C(N)NO)nn1Cc1cccc(N2CCN(C)CC2)c1. The number of rotatable bonds is 5. The van der Waals surface area contributed by atoms with Crippen LogP contribution in [0.5, 0.6) is 0 Å². The van der Waals surface area contributed by atoms with Crippen molar-refractivity contribution in [2.75, 3.05) is 38.1 Å². The van der Waals surface area contributed by atoms with E-state index in [1.54, 1.807) is 4.68 Å². The number of likely N-dealkylation sites (N-methyl/N-ethyl adjacent to an activating group) is 1. The van der Waals surface area contributed by atoms with Gasteiger partial charge in [0.25, 0.3) is 0 Å². The van der Waals surface area contributed by atoms with Crippen molar-refractivity contribution < 1.29 is 5.21 Å². The summed E-state index contributed by atoms with van der Waals surface area (Å²) in [4.78, 5) is 9.04. The van der Waals surface area contributed by atoms with Crippen LogP contribution in [-0.4, -0.2) is 58.1 Å². The van der Waals surface area contributed by atoms with Crippen molar-refractivity contribution >= 4 is 5.69 Å². The molecule has 0 bridgehead atoms. The van der Waals surface area contributed by atoms with E-state index in [4.69, 9.17) is 10.9 Å². The van der Waals surface area contributed by atoms with Crippen molar-refractivity contribution in [3.05, 3.63) is 41.5 Å². The van der Waals surface area contributed by atoms with E-state index in [1.807, 2.05) is 12.4 Å². The average molecular weight is 331 g/mol. The Hall–Kier alpha value is -2.00. The summed E-state index contributed by atoms with van der Waals surface area (Å²) in [6, 6.07) is 8.53. The van der Waals surface area contributed by atoms with Gasteiger partial charge in [-0.2, -0.15) is 10.6 Å². The number of benzene rings is 1. The Labute approximate surface area is 141 Å². The molecule has 0 amide bonds. The molecular formula is C16H25N7O. The molecular weight excluding hydrogens is 306 g/mol. The number of nitrogens with one attached hydrogen (secondary N) is 1. The zero-order valence-corrected chi connectivity index (χ0v) is 14.2. The summed E-state index contributed by atoms with van der Waals surface area (Å²) >= 11 is 0. The van der Waals surface area contributed by atoms with Gasteiger partial charge in [-0.05, 0) is 31.7 Å². The molecule has 1 aliphatic rings. The molecule has 1 aliphatic heterocycles. The van der Waals surface area contributed by atoms with Crippen molar-refractivity contribution in [2.24, 2.45) is 5.73 Å². The second kappa shape index (κ2) is 7.27. The van der Waals surface area contributed by atoms with Crippen LogP contribution in [0.4, 0.5) is 5.69 Å². The van der Waals surface area contributed by atoms with Crippen molar-refractivity contribution in [3.8, 4) is 0 Å². The van der Waals surface area contributed by atoms with Crippen molar-refractivity contribution in [1.29, 1.82) is 0 Å². The molecule has 2 heterocycles. The lowest BCUT2D eigenvalue weighted by molar-refractivity contribution is 0.125. The molecule has 0 saturated carbocycles. The summed E-state index contributed by atoms with van der Waals surface area (Å²) in [6.07, 6.45) is -0.776. The Morgan fingerprint density at radius 1 is 1.29 bits per heavy atom. The Morgan fingerprint density at radius 2 is 2.04 bits per heavy atom. The van der Waals surface area contributed by atoms with Gasteiger partial charge in [0.15, 0.2) is 5.82 Å². The Balaban J connectivity index is 1.74. The predicted molar refractivity (Wildman–Crippen MR) is 91.9 cm³/mol. The predicted octanol–water partition coefficient (Wildman–Crippen LogP) is 0.323. The van der Waals surface area contributed by atoms with Gasteiger partial charge >= 0.3 is 0 Å². The molecule has 1 aromatic heterocycles. The molecule has 24 heavy (non-hydrogen) atoms. The average Bonchev–Trinajstić information content (AvgIpc) is 2.96. The zero-order valence-electron chi connectivity index (χ0n) is 14.2. The molecule has 2 aromatic rings. The quantitative estimate of drug-likeness (QED) is 0.536. The Morgan fingerprint density at radius 3 is 2.75 bits per heavy atom. The molecule has 1 saturated heterocycles. The highest BCUT2D eigenvalue weighted by Crippen LogP contribution is 2.19. The second-order valence-electron chi connectivity index (χ2n) is 6.24. The lowest BCUT2D eigenvalue weighted by Gasteiger charge is -2.34. The number of hydrogen-bond donors (Lipinski definition) is 3. The second-order valence-corrected chi connectivity index (χ2v) is 6.24. The van der Waals surface area contributed by atoms with Crippen molar-refractivity contribution in [3.63, 3.8) is 0 Å². The minimum Gasteiger partial charge on any atom is -0.369 e. The normalized spacial score (nSPS) is 17.2. The number of aromatic nitrogens is 3. The number of nitrogens with zero attached hydrogens (tertiary/aromatic N) is 5. The highest BCUT2D eigenvalue weighted by molar-refractivity contribution is 5.49. The van der Waals surface area contributed by atoms with E-state index in [9.17, 15) is 0 Å². The highest BCUT2D eigenvalue weighted by Gasteiger charge is 2.16. The number of aryl methyl sites for hydroxylation is 1. The molecule has 1 atom stereocenters. The molecule has 4 N–H and O–H groups in total. The summed E-state index contributed by atoms with van der Waals surface area (Å²) in [6.45, 7) is 6.76. The van der Waals surface area contributed by atoms with Gasteiger partial charge in [0.2, 0.25) is 0 Å². The van der Waals surface area contributed by atoms with Crippen molar-refractivity contribution in [2.45, 2.75) is 19.6 Å². The maximum atomic E-state index is 8.90. The minimum atomic E-state index is -0.776. The first-order valence-corrected chi connectivity index (χ1v) is 8.16. The van der Waals surface area contributed by atoms with Crippen LogP contribution in [0.3, 0.4) is 0 Å². The summed E-state index contributed by atoms with van der Waals surface area (Å²) in [5.41, 5.74) is 10.1. The van der Waals surface area contributed by atoms with Crippen LogP contribution in [-0.2, 0) is 6.54 Å². The lowest BCUT2D eigenvalue weighted by atomic mass is 10.1. The largest absolute Gasteiger partial charge is 0.369 e. The minimum absolute atomic E-state index is 0.380. The van der Waals surface area contributed by atoms with Crippen LogP contribution in [0.1, 0.15) is 23.4 Å². The van der Waals surface area contributed by atoms with Crippen LogP contribution < -0.4 is 16.1 Å². The van der Waals surface area contributed by atoms with E-state index < -0.39 is 6.17 Å². The van der Waals surface area contributed by atoms with Gasteiger partial charge in [-0.25, -0.2) is 9.67 Å². The fourth-order valence-electron chi connectivity index (χ4n) is 2.87. The molecule has 3 rings (SSSR count). The number of piperazine rings is 1. The number of hydroxylamine groups is 1. The fourth-order valence-corrected chi connectivity index (χ4v) is 2.87. The number of hydrogen-bond acceptors (Lipinski definition) is 7. The van der Waals surface area contributed by atoms with Crippen LogP contribution in [0.15, 0.2) is 24.3 Å². The summed E-state index contributed by atoms with van der Waals surface area (Å²) in [5, 5.41) is 13.3. The maximum absolute atomic E-state index is 8.90. The van der Waals surface area contributed by atoms with Crippen LogP contribution in [0.2, 0.25) is 0 Å². The Kier molecular flexibility index (Phi) is 5.10. The molecule has 8 heteroatoms. The standard InChI is InChI=1S/C16H25N7O/c1-12-18-16(15(17)20-24)19-23(12)11-13-4-3-5-14(10-13)22-8-6-21(2)7-9-22/h3-5,10,15,20,24H,6-9,11,17H2,1-2H3. The molecule has 1 fully saturated rings. The first-order chi connectivity index (χ1) is 11.6. The maximum Gasteiger partial charge on any atom is 0.184 e. The van der Waals surface area contributed by atoms with Crippen LogP contribution >= 0.6 is 0 Å². The third-order valence-electron chi connectivity index (χ3n) is 4.40. The van der Waals surface area contributed by atoms with E-state index >= 15 is 0 Å². The molecule has 0 radical (unpaired) electrons. The monoisotopic (exact) mass is 331 g/mol. The van der Waals surface area contributed by atoms with Gasteiger partial charge in [0.1, 0.15) is 12.0 Å². The van der Waals surface area contributed by atoms with Crippen molar-refractivity contribution in [1.82, 2.24) is 25.1 Å². The summed E-state index contributed by atoms with van der Waals surface area (Å²) in [7, 11) is 2.16. The highest BCUT2D eigenvalue weighted by atomic mass is 16.5. The smallest absolute Gasteiger partial charge is 0.184 e. The van der Waals surface area contributed by atoms with Gasteiger partial charge in [-0.1, -0.05) is 12.1 Å². The molecule has 0 spiro atoms. The van der Waals surface area contributed by atoms with Gasteiger partial charge in [-0.3, -0.25) is 0 Å². The first-order valence-electron chi connectivity index (χ1n) is 8.16. The van der Waals surface area contributed by atoms with E-state index in [-0.39, 0.29) is 0 Å². The number of anilines is 1.